The van der Waals surface area contributed by atoms with Crippen molar-refractivity contribution in [3.8, 4) is 6.07 Å². The van der Waals surface area contributed by atoms with E-state index in [1.165, 1.54) is 0 Å². The number of hydrogen-bond acceptors (Lipinski definition) is 2. The molecule has 1 unspecified atom stereocenters. The molecule has 0 spiro atoms. The third-order valence-electron chi connectivity index (χ3n) is 3.55. The average Bonchev–Trinajstić information content (AvgIpc) is 2.91. The maximum atomic E-state index is 9.70. The van der Waals surface area contributed by atoms with Crippen LogP contribution in [0.25, 0.3) is 10.9 Å². The van der Waals surface area contributed by atoms with Crippen LogP contribution >= 0.6 is 0 Å². The molecule has 0 radical (unpaired) electrons. The number of nitrogens with zero attached hydrogens (tertiary/aromatic N) is 1. The van der Waals surface area contributed by atoms with Crippen molar-refractivity contribution in [2.75, 3.05) is 6.61 Å². The van der Waals surface area contributed by atoms with Crippen molar-refractivity contribution < 1.29 is 5.11 Å². The largest absolute Gasteiger partial charge is 0.395 e. The van der Waals surface area contributed by atoms with E-state index in [1.54, 1.807) is 0 Å². The molecular formula is C17H14N2O. The monoisotopic (exact) mass is 262 g/mol. The molecule has 1 atom stereocenters. The lowest BCUT2D eigenvalue weighted by atomic mass is 9.91. The summed E-state index contributed by atoms with van der Waals surface area (Å²) >= 11 is 0. The summed E-state index contributed by atoms with van der Waals surface area (Å²) in [4.78, 5) is 3.05. The zero-order valence-corrected chi connectivity index (χ0v) is 10.9. The van der Waals surface area contributed by atoms with Gasteiger partial charge in [0.2, 0.25) is 0 Å². The van der Waals surface area contributed by atoms with Crippen LogP contribution in [0.5, 0.6) is 0 Å². The first-order chi connectivity index (χ1) is 9.81. The molecule has 3 heteroatoms. The van der Waals surface area contributed by atoms with Crippen molar-refractivity contribution in [2.24, 2.45) is 0 Å². The summed E-state index contributed by atoms with van der Waals surface area (Å²) in [5.74, 6) is -0.0407. The van der Waals surface area contributed by atoms with Crippen molar-refractivity contribution in [1.29, 1.82) is 5.26 Å². The van der Waals surface area contributed by atoms with Gasteiger partial charge >= 0.3 is 0 Å². The Bertz CT molecular complexity index is 769. The Balaban J connectivity index is 2.06. The average molecular weight is 262 g/mol. The van der Waals surface area contributed by atoms with Gasteiger partial charge in [-0.1, -0.05) is 36.4 Å². The van der Waals surface area contributed by atoms with Crippen LogP contribution < -0.4 is 0 Å². The van der Waals surface area contributed by atoms with Crippen molar-refractivity contribution in [1.82, 2.24) is 4.98 Å². The topological polar surface area (TPSA) is 59.8 Å². The first kappa shape index (κ1) is 12.5. The normalized spacial score (nSPS) is 12.2. The van der Waals surface area contributed by atoms with E-state index in [9.17, 15) is 5.11 Å². The van der Waals surface area contributed by atoms with Crippen LogP contribution in [0.4, 0.5) is 0 Å². The lowest BCUT2D eigenvalue weighted by molar-refractivity contribution is 0.280. The maximum Gasteiger partial charge on any atom is 0.118 e. The molecule has 98 valence electrons. The van der Waals surface area contributed by atoms with Crippen molar-refractivity contribution in [2.45, 2.75) is 5.92 Å². The first-order valence-electron chi connectivity index (χ1n) is 6.50. The number of aromatic nitrogens is 1. The molecule has 0 fully saturated rings. The van der Waals surface area contributed by atoms with E-state index in [0.29, 0.717) is 5.69 Å². The van der Waals surface area contributed by atoms with Gasteiger partial charge < -0.3 is 10.1 Å². The van der Waals surface area contributed by atoms with Gasteiger partial charge in [-0.25, -0.2) is 0 Å². The van der Waals surface area contributed by atoms with Crippen LogP contribution in [-0.4, -0.2) is 16.7 Å². The second kappa shape index (κ2) is 5.20. The summed E-state index contributed by atoms with van der Waals surface area (Å²) < 4.78 is 0. The Morgan fingerprint density at radius 1 is 1.05 bits per heavy atom. The number of fused-ring (bicyclic) bond motifs is 1. The van der Waals surface area contributed by atoms with Gasteiger partial charge in [0.15, 0.2) is 0 Å². The molecule has 0 aliphatic carbocycles. The lowest BCUT2D eigenvalue weighted by Gasteiger charge is -2.15. The summed E-state index contributed by atoms with van der Waals surface area (Å²) in [7, 11) is 0. The zero-order valence-electron chi connectivity index (χ0n) is 10.9. The Hall–Kier alpha value is -2.57. The van der Waals surface area contributed by atoms with Crippen LogP contribution in [0.2, 0.25) is 0 Å². The van der Waals surface area contributed by atoms with Gasteiger partial charge in [-0.3, -0.25) is 0 Å². The molecule has 3 nitrogen and oxygen atoms in total. The molecule has 0 amide bonds. The minimum atomic E-state index is -0.0407. The van der Waals surface area contributed by atoms with Crippen LogP contribution in [0.3, 0.4) is 0 Å². The van der Waals surface area contributed by atoms with E-state index in [-0.39, 0.29) is 12.5 Å². The molecular weight excluding hydrogens is 248 g/mol. The molecule has 3 rings (SSSR count). The quantitative estimate of drug-likeness (QED) is 0.761. The molecule has 2 aromatic carbocycles. The highest BCUT2D eigenvalue weighted by atomic mass is 16.3. The zero-order chi connectivity index (χ0) is 13.9. The molecule has 1 heterocycles. The number of rotatable bonds is 3. The molecule has 2 N–H and O–H groups in total. The number of benzene rings is 2. The van der Waals surface area contributed by atoms with E-state index < -0.39 is 0 Å². The lowest BCUT2D eigenvalue weighted by Crippen LogP contribution is -2.05. The van der Waals surface area contributed by atoms with Gasteiger partial charge in [0.25, 0.3) is 0 Å². The van der Waals surface area contributed by atoms with Crippen molar-refractivity contribution in [3.05, 3.63) is 71.4 Å². The number of nitrogens with one attached hydrogen (secondary N) is 1. The highest BCUT2D eigenvalue weighted by Gasteiger charge is 2.13. The number of aliphatic hydroxyl groups is 1. The fraction of sp³-hybridized carbons (Fsp3) is 0.118. The number of aromatic amines is 1. The molecule has 0 saturated heterocycles. The Kier molecular flexibility index (Phi) is 3.24. The molecule has 0 aliphatic rings. The van der Waals surface area contributed by atoms with Gasteiger partial charge in [-0.05, 0) is 29.3 Å². The maximum absolute atomic E-state index is 9.70. The first-order valence-corrected chi connectivity index (χ1v) is 6.50. The number of nitriles is 1. The fourth-order valence-electron chi connectivity index (χ4n) is 2.52. The smallest absolute Gasteiger partial charge is 0.118 e. The van der Waals surface area contributed by atoms with E-state index in [0.717, 1.165) is 22.0 Å². The van der Waals surface area contributed by atoms with Crippen molar-refractivity contribution >= 4 is 10.9 Å². The summed E-state index contributed by atoms with van der Waals surface area (Å²) in [6, 6.07) is 19.9. The van der Waals surface area contributed by atoms with Crippen LogP contribution in [0, 0.1) is 11.3 Å². The molecule has 20 heavy (non-hydrogen) atoms. The van der Waals surface area contributed by atoms with Gasteiger partial charge in [-0.15, -0.1) is 0 Å². The molecule has 1 aromatic heterocycles. The van der Waals surface area contributed by atoms with E-state index in [2.05, 4.69) is 11.1 Å². The minimum absolute atomic E-state index is 0.0407. The standard InChI is InChI=1S/C17H14N2O/c18-10-15-9-14-8-13(6-7-17(14)19-15)16(11-20)12-4-2-1-3-5-12/h1-9,16,19-20H,11H2. The highest BCUT2D eigenvalue weighted by molar-refractivity contribution is 5.82. The third-order valence-corrected chi connectivity index (χ3v) is 3.55. The summed E-state index contributed by atoms with van der Waals surface area (Å²) in [6.45, 7) is 0.0606. The second-order valence-corrected chi connectivity index (χ2v) is 4.79. The predicted octanol–water partition coefficient (Wildman–Crippen LogP) is 3.16. The fourth-order valence-corrected chi connectivity index (χ4v) is 2.52. The Labute approximate surface area is 117 Å². The Morgan fingerprint density at radius 3 is 2.55 bits per heavy atom. The molecule has 0 aliphatic heterocycles. The van der Waals surface area contributed by atoms with Crippen LogP contribution in [0.15, 0.2) is 54.6 Å². The number of aliphatic hydroxyl groups excluding tert-OH is 1. The second-order valence-electron chi connectivity index (χ2n) is 4.79. The molecule has 0 saturated carbocycles. The predicted molar refractivity (Wildman–Crippen MR) is 78.4 cm³/mol. The van der Waals surface area contributed by atoms with Gasteiger partial charge in [0, 0.05) is 16.8 Å². The third kappa shape index (κ3) is 2.18. The minimum Gasteiger partial charge on any atom is -0.395 e. The van der Waals surface area contributed by atoms with E-state index >= 15 is 0 Å². The Morgan fingerprint density at radius 2 is 1.85 bits per heavy atom. The van der Waals surface area contributed by atoms with Gasteiger partial charge in [0.05, 0.1) is 6.61 Å². The summed E-state index contributed by atoms with van der Waals surface area (Å²) in [6.07, 6.45) is 0. The summed E-state index contributed by atoms with van der Waals surface area (Å²) in [5, 5.41) is 19.6. The highest BCUT2D eigenvalue weighted by Crippen LogP contribution is 2.27. The van der Waals surface area contributed by atoms with Gasteiger partial charge in [-0.2, -0.15) is 5.26 Å². The molecule has 3 aromatic rings. The van der Waals surface area contributed by atoms with Gasteiger partial charge in [0.1, 0.15) is 11.8 Å². The van der Waals surface area contributed by atoms with Crippen LogP contribution in [0.1, 0.15) is 22.7 Å². The number of H-pyrrole nitrogens is 1. The van der Waals surface area contributed by atoms with Crippen molar-refractivity contribution in [3.63, 3.8) is 0 Å². The summed E-state index contributed by atoms with van der Waals surface area (Å²) in [5.41, 5.74) is 3.63. The number of hydrogen-bond donors (Lipinski definition) is 2. The molecule has 0 bridgehead atoms. The SMILES string of the molecule is N#Cc1cc2cc(C(CO)c3ccccc3)ccc2[nH]1. The van der Waals surface area contributed by atoms with E-state index in [4.69, 9.17) is 5.26 Å². The van der Waals surface area contributed by atoms with Crippen LogP contribution in [-0.2, 0) is 0 Å². The van der Waals surface area contributed by atoms with E-state index in [1.807, 2.05) is 54.6 Å².